The summed E-state index contributed by atoms with van der Waals surface area (Å²) in [5, 5.41) is 2.81. The molecule has 0 aromatic heterocycles. The van der Waals surface area contributed by atoms with E-state index in [2.05, 4.69) is 17.7 Å². The summed E-state index contributed by atoms with van der Waals surface area (Å²) < 4.78 is 4.80. The second-order valence-electron chi connectivity index (χ2n) is 3.33. The first kappa shape index (κ1) is 14.3. The number of nitrogens with one attached hydrogen (secondary N) is 2. The predicted molar refractivity (Wildman–Crippen MR) is 58.3 cm³/mol. The largest absolute Gasteiger partial charge is 0.382 e. The molecule has 2 N–H and O–H groups in total. The average Bonchev–Trinajstić information content (AvgIpc) is 2.24. The number of amides is 1. The van der Waals surface area contributed by atoms with Gasteiger partial charge in [0.25, 0.3) is 0 Å². The highest BCUT2D eigenvalue weighted by Crippen LogP contribution is 1.86. The summed E-state index contributed by atoms with van der Waals surface area (Å²) in [6.07, 6.45) is 2.08. The molecule has 0 aromatic rings. The molecule has 0 fully saturated rings. The van der Waals surface area contributed by atoms with Crippen LogP contribution in [0, 0.1) is 0 Å². The topological polar surface area (TPSA) is 59.6 Å². The lowest BCUT2D eigenvalue weighted by atomic mass is 10.3. The van der Waals surface area contributed by atoms with E-state index < -0.39 is 0 Å². The molecule has 0 saturated heterocycles. The fourth-order valence-electron chi connectivity index (χ4n) is 0.904. The van der Waals surface area contributed by atoms with Gasteiger partial charge in [0.1, 0.15) is 6.04 Å². The lowest BCUT2D eigenvalue weighted by molar-refractivity contribution is -0.127. The average molecular weight is 218 g/mol. The Morgan fingerprint density at radius 3 is 2.73 bits per heavy atom. The number of hydrogen-bond acceptors (Lipinski definition) is 4. The van der Waals surface area contributed by atoms with Crippen LogP contribution in [0.2, 0.25) is 0 Å². The van der Waals surface area contributed by atoms with Crippen molar-refractivity contribution in [2.75, 3.05) is 26.9 Å². The normalized spacial score (nSPS) is 12.5. The van der Waals surface area contributed by atoms with Gasteiger partial charge >= 0.3 is 0 Å². The van der Waals surface area contributed by atoms with E-state index in [4.69, 9.17) is 9.57 Å². The Morgan fingerprint density at radius 1 is 1.40 bits per heavy atom. The third-order valence-corrected chi connectivity index (χ3v) is 1.87. The number of carbonyl (C=O) groups is 1. The minimum atomic E-state index is -0.335. The van der Waals surface area contributed by atoms with Crippen LogP contribution in [0.4, 0.5) is 0 Å². The van der Waals surface area contributed by atoms with Crippen LogP contribution < -0.4 is 10.8 Å². The van der Waals surface area contributed by atoms with Crippen LogP contribution in [0.5, 0.6) is 0 Å². The van der Waals surface area contributed by atoms with Gasteiger partial charge in [-0.15, -0.1) is 0 Å². The molecular formula is C10H22N2O3. The van der Waals surface area contributed by atoms with Gasteiger partial charge in [0, 0.05) is 13.7 Å². The molecule has 1 amide bonds. The lowest BCUT2D eigenvalue weighted by Crippen LogP contribution is -2.42. The number of hydrogen-bond donors (Lipinski definition) is 2. The number of hydroxylamine groups is 1. The minimum Gasteiger partial charge on any atom is -0.382 e. The number of ether oxygens (including phenoxy) is 1. The van der Waals surface area contributed by atoms with Gasteiger partial charge in [-0.05, 0) is 13.3 Å². The van der Waals surface area contributed by atoms with E-state index in [1.807, 2.05) is 0 Å². The summed E-state index contributed by atoms with van der Waals surface area (Å²) in [5.74, 6) is -0.0409. The molecule has 1 atom stereocenters. The van der Waals surface area contributed by atoms with Crippen LogP contribution >= 0.6 is 0 Å². The first-order valence-electron chi connectivity index (χ1n) is 5.36. The number of carbonyl (C=O) groups excluding carboxylic acids is 1. The van der Waals surface area contributed by atoms with Crippen molar-refractivity contribution >= 4 is 5.91 Å². The molecule has 0 saturated carbocycles. The Hall–Kier alpha value is -0.650. The van der Waals surface area contributed by atoms with Crippen LogP contribution in [0.15, 0.2) is 0 Å². The molecule has 15 heavy (non-hydrogen) atoms. The van der Waals surface area contributed by atoms with E-state index in [1.54, 1.807) is 14.0 Å². The zero-order valence-corrected chi connectivity index (χ0v) is 9.84. The van der Waals surface area contributed by atoms with Gasteiger partial charge < -0.3 is 10.1 Å². The van der Waals surface area contributed by atoms with E-state index >= 15 is 0 Å². The van der Waals surface area contributed by atoms with Gasteiger partial charge in [-0.25, -0.2) is 0 Å². The standard InChI is InChI=1S/C10H22N2O3/c1-4-5-6-11-10(13)9(2)12-15-8-7-14-3/h9,12H,4-8H2,1-3H3,(H,11,13). The van der Waals surface area contributed by atoms with Crippen LogP contribution in [0.3, 0.4) is 0 Å². The summed E-state index contributed by atoms with van der Waals surface area (Å²) in [6.45, 7) is 5.51. The molecule has 0 aromatic carbocycles. The first-order chi connectivity index (χ1) is 7.22. The monoisotopic (exact) mass is 218 g/mol. The highest BCUT2D eigenvalue weighted by molar-refractivity contribution is 5.81. The zero-order chi connectivity index (χ0) is 11.5. The maximum Gasteiger partial charge on any atom is 0.239 e. The van der Waals surface area contributed by atoms with Crippen molar-refractivity contribution in [3.05, 3.63) is 0 Å². The van der Waals surface area contributed by atoms with E-state index in [9.17, 15) is 4.79 Å². The van der Waals surface area contributed by atoms with E-state index in [-0.39, 0.29) is 11.9 Å². The summed E-state index contributed by atoms with van der Waals surface area (Å²) >= 11 is 0. The molecule has 90 valence electrons. The quantitative estimate of drug-likeness (QED) is 0.436. The number of methoxy groups -OCH3 is 1. The third kappa shape index (κ3) is 8.35. The Labute approximate surface area is 91.5 Å². The molecule has 0 bridgehead atoms. The highest BCUT2D eigenvalue weighted by Gasteiger charge is 2.10. The van der Waals surface area contributed by atoms with Crippen molar-refractivity contribution in [3.8, 4) is 0 Å². The van der Waals surface area contributed by atoms with Crippen molar-refractivity contribution in [1.82, 2.24) is 10.8 Å². The number of rotatable bonds is 9. The fraction of sp³-hybridized carbons (Fsp3) is 0.900. The Balaban J connectivity index is 3.42. The highest BCUT2D eigenvalue weighted by atomic mass is 16.7. The maximum absolute atomic E-state index is 11.4. The molecule has 0 aliphatic rings. The zero-order valence-electron chi connectivity index (χ0n) is 9.84. The van der Waals surface area contributed by atoms with Crippen molar-refractivity contribution in [1.29, 1.82) is 0 Å². The van der Waals surface area contributed by atoms with E-state index in [0.717, 1.165) is 19.4 Å². The summed E-state index contributed by atoms with van der Waals surface area (Å²) in [6, 6.07) is -0.335. The molecule has 5 nitrogen and oxygen atoms in total. The van der Waals surface area contributed by atoms with E-state index in [0.29, 0.717) is 13.2 Å². The van der Waals surface area contributed by atoms with Gasteiger partial charge in [-0.2, -0.15) is 5.48 Å². The van der Waals surface area contributed by atoms with Crippen molar-refractivity contribution in [2.45, 2.75) is 32.7 Å². The smallest absolute Gasteiger partial charge is 0.239 e. The molecule has 0 rings (SSSR count). The molecular weight excluding hydrogens is 196 g/mol. The van der Waals surface area contributed by atoms with Gasteiger partial charge in [0.05, 0.1) is 13.2 Å². The second-order valence-corrected chi connectivity index (χ2v) is 3.33. The van der Waals surface area contributed by atoms with E-state index in [1.165, 1.54) is 0 Å². The summed E-state index contributed by atoms with van der Waals surface area (Å²) in [4.78, 5) is 16.4. The van der Waals surface area contributed by atoms with Crippen molar-refractivity contribution in [2.24, 2.45) is 0 Å². The van der Waals surface area contributed by atoms with Gasteiger partial charge in [0.2, 0.25) is 5.91 Å². The summed E-state index contributed by atoms with van der Waals surface area (Å²) in [5.41, 5.74) is 2.65. The third-order valence-electron chi connectivity index (χ3n) is 1.87. The van der Waals surface area contributed by atoms with Crippen LogP contribution in [0.25, 0.3) is 0 Å². The molecule has 0 aliphatic heterocycles. The molecule has 5 heteroatoms. The van der Waals surface area contributed by atoms with Gasteiger partial charge in [-0.1, -0.05) is 13.3 Å². The van der Waals surface area contributed by atoms with Gasteiger partial charge in [0.15, 0.2) is 0 Å². The van der Waals surface area contributed by atoms with Crippen LogP contribution in [-0.2, 0) is 14.4 Å². The predicted octanol–water partition coefficient (Wildman–Crippen LogP) is 0.459. The first-order valence-corrected chi connectivity index (χ1v) is 5.36. The fourth-order valence-corrected chi connectivity index (χ4v) is 0.904. The minimum absolute atomic E-state index is 0.0409. The number of unbranched alkanes of at least 4 members (excludes halogenated alkanes) is 1. The second kappa shape index (κ2) is 9.89. The van der Waals surface area contributed by atoms with Crippen LogP contribution in [0.1, 0.15) is 26.7 Å². The summed E-state index contributed by atoms with van der Waals surface area (Å²) in [7, 11) is 1.60. The lowest BCUT2D eigenvalue weighted by Gasteiger charge is -2.13. The SMILES string of the molecule is CCCCNC(=O)C(C)NOCCOC. The molecule has 0 spiro atoms. The van der Waals surface area contributed by atoms with Gasteiger partial charge in [-0.3, -0.25) is 9.63 Å². The van der Waals surface area contributed by atoms with Crippen LogP contribution in [-0.4, -0.2) is 38.8 Å². The van der Waals surface area contributed by atoms with Crippen molar-refractivity contribution < 1.29 is 14.4 Å². The molecule has 0 aliphatic carbocycles. The Kier molecular flexibility index (Phi) is 9.46. The molecule has 1 unspecified atom stereocenters. The Bertz CT molecular complexity index is 165. The molecule has 0 heterocycles. The molecule has 0 radical (unpaired) electrons. The van der Waals surface area contributed by atoms with Crippen molar-refractivity contribution in [3.63, 3.8) is 0 Å². The maximum atomic E-state index is 11.4. The Morgan fingerprint density at radius 2 is 2.13 bits per heavy atom.